The quantitative estimate of drug-likeness (QED) is 0.609. The molecule has 0 heterocycles. The van der Waals surface area contributed by atoms with Crippen molar-refractivity contribution in [1.29, 1.82) is 0 Å². The van der Waals surface area contributed by atoms with Gasteiger partial charge < -0.3 is 15.2 Å². The Labute approximate surface area is 145 Å². The van der Waals surface area contributed by atoms with Crippen LogP contribution in [0.4, 0.5) is 0 Å². The summed E-state index contributed by atoms with van der Waals surface area (Å²) in [5, 5.41) is 0. The molecule has 4 nitrogen and oxygen atoms in total. The average molecular weight is 328 g/mol. The van der Waals surface area contributed by atoms with Gasteiger partial charge in [-0.3, -0.25) is 4.90 Å². The molecule has 2 rings (SSSR count). The summed E-state index contributed by atoms with van der Waals surface area (Å²) >= 11 is 0. The Morgan fingerprint density at radius 3 is 1.54 bits per heavy atom. The fraction of sp³-hybridized carbons (Fsp3) is 0.400. The van der Waals surface area contributed by atoms with Crippen molar-refractivity contribution in [2.24, 2.45) is 5.73 Å². The number of nitrogens with two attached hydrogens (primary N) is 1. The summed E-state index contributed by atoms with van der Waals surface area (Å²) in [6.07, 6.45) is 0. The van der Waals surface area contributed by atoms with E-state index >= 15 is 0 Å². The second-order valence-electron chi connectivity index (χ2n) is 5.71. The van der Waals surface area contributed by atoms with Crippen LogP contribution in [0.2, 0.25) is 0 Å². The zero-order valence-electron chi connectivity index (χ0n) is 14.3. The number of benzene rings is 2. The Hall–Kier alpha value is -1.72. The normalized spacial score (nSPS) is 11.1. The van der Waals surface area contributed by atoms with E-state index in [1.54, 1.807) is 0 Å². The van der Waals surface area contributed by atoms with Crippen LogP contribution in [0.3, 0.4) is 0 Å². The lowest BCUT2D eigenvalue weighted by Gasteiger charge is -2.21. The van der Waals surface area contributed by atoms with Gasteiger partial charge in [0.05, 0.1) is 26.4 Å². The van der Waals surface area contributed by atoms with Crippen LogP contribution in [0.25, 0.3) is 0 Å². The summed E-state index contributed by atoms with van der Waals surface area (Å²) in [6.45, 7) is 5.98. The van der Waals surface area contributed by atoms with Crippen molar-refractivity contribution in [2.75, 3.05) is 39.4 Å². The van der Waals surface area contributed by atoms with Crippen LogP contribution in [0, 0.1) is 0 Å². The SMILES string of the molecule is NCCN(CCOCc1ccccc1)CCOCc1ccccc1. The second kappa shape index (κ2) is 11.8. The molecule has 0 aliphatic heterocycles. The summed E-state index contributed by atoms with van der Waals surface area (Å²) < 4.78 is 11.5. The van der Waals surface area contributed by atoms with Gasteiger partial charge in [0, 0.05) is 26.2 Å². The van der Waals surface area contributed by atoms with Crippen LogP contribution in [-0.4, -0.2) is 44.3 Å². The summed E-state index contributed by atoms with van der Waals surface area (Å²) in [5.74, 6) is 0. The highest BCUT2D eigenvalue weighted by Gasteiger charge is 2.04. The summed E-state index contributed by atoms with van der Waals surface area (Å²) in [6, 6.07) is 20.5. The Bertz CT molecular complexity index is 486. The summed E-state index contributed by atoms with van der Waals surface area (Å²) in [7, 11) is 0. The molecule has 2 aromatic rings. The van der Waals surface area contributed by atoms with Gasteiger partial charge in [0.1, 0.15) is 0 Å². The van der Waals surface area contributed by atoms with Crippen LogP contribution in [0.15, 0.2) is 60.7 Å². The minimum atomic E-state index is 0.650. The zero-order valence-corrected chi connectivity index (χ0v) is 14.3. The Kier molecular flexibility index (Phi) is 9.12. The minimum Gasteiger partial charge on any atom is -0.375 e. The highest BCUT2D eigenvalue weighted by atomic mass is 16.5. The monoisotopic (exact) mass is 328 g/mol. The smallest absolute Gasteiger partial charge is 0.0717 e. The number of ether oxygens (including phenoxy) is 2. The van der Waals surface area contributed by atoms with Crippen LogP contribution in [-0.2, 0) is 22.7 Å². The maximum atomic E-state index is 5.75. The molecule has 0 unspecified atom stereocenters. The molecular weight excluding hydrogens is 300 g/mol. The second-order valence-corrected chi connectivity index (χ2v) is 5.71. The third kappa shape index (κ3) is 7.70. The van der Waals surface area contributed by atoms with Gasteiger partial charge in [0.25, 0.3) is 0 Å². The maximum Gasteiger partial charge on any atom is 0.0717 e. The van der Waals surface area contributed by atoms with E-state index in [4.69, 9.17) is 15.2 Å². The average Bonchev–Trinajstić information content (AvgIpc) is 2.64. The molecule has 0 spiro atoms. The number of hydrogen-bond acceptors (Lipinski definition) is 4. The lowest BCUT2D eigenvalue weighted by atomic mass is 10.2. The van der Waals surface area contributed by atoms with E-state index < -0.39 is 0 Å². The van der Waals surface area contributed by atoms with E-state index in [-0.39, 0.29) is 0 Å². The maximum absolute atomic E-state index is 5.75. The first kappa shape index (κ1) is 18.6. The largest absolute Gasteiger partial charge is 0.375 e. The first-order valence-electron chi connectivity index (χ1n) is 8.54. The molecule has 0 amide bonds. The molecule has 0 saturated carbocycles. The molecule has 0 aliphatic rings. The lowest BCUT2D eigenvalue weighted by molar-refractivity contribution is 0.0652. The third-order valence-corrected chi connectivity index (χ3v) is 3.77. The molecule has 0 atom stereocenters. The van der Waals surface area contributed by atoms with E-state index in [9.17, 15) is 0 Å². The Morgan fingerprint density at radius 1 is 0.667 bits per heavy atom. The summed E-state index contributed by atoms with van der Waals surface area (Å²) in [5.41, 5.74) is 8.10. The first-order valence-corrected chi connectivity index (χ1v) is 8.54. The van der Waals surface area contributed by atoms with Gasteiger partial charge in [-0.05, 0) is 11.1 Å². The number of rotatable bonds is 12. The molecule has 2 aromatic carbocycles. The van der Waals surface area contributed by atoms with Crippen molar-refractivity contribution in [3.63, 3.8) is 0 Å². The van der Waals surface area contributed by atoms with E-state index in [1.165, 1.54) is 11.1 Å². The van der Waals surface area contributed by atoms with E-state index in [1.807, 2.05) is 36.4 Å². The topological polar surface area (TPSA) is 47.7 Å². The summed E-state index contributed by atoms with van der Waals surface area (Å²) in [4.78, 5) is 2.29. The molecule has 0 aromatic heterocycles. The standard InChI is InChI=1S/C20H28N2O2/c21-11-12-22(13-15-23-17-19-7-3-1-4-8-19)14-16-24-18-20-9-5-2-6-10-20/h1-10H,11-18,21H2. The fourth-order valence-electron chi connectivity index (χ4n) is 2.43. The molecule has 130 valence electrons. The van der Waals surface area contributed by atoms with Crippen molar-refractivity contribution in [3.05, 3.63) is 71.8 Å². The predicted octanol–water partition coefficient (Wildman–Crippen LogP) is 2.68. The molecule has 0 radical (unpaired) electrons. The number of hydrogen-bond donors (Lipinski definition) is 1. The van der Waals surface area contributed by atoms with Crippen molar-refractivity contribution < 1.29 is 9.47 Å². The van der Waals surface area contributed by atoms with Crippen molar-refractivity contribution in [2.45, 2.75) is 13.2 Å². The predicted molar refractivity (Wildman–Crippen MR) is 97.7 cm³/mol. The fourth-order valence-corrected chi connectivity index (χ4v) is 2.43. The highest BCUT2D eigenvalue weighted by molar-refractivity contribution is 5.14. The van der Waals surface area contributed by atoms with E-state index in [2.05, 4.69) is 29.2 Å². The Balaban J connectivity index is 1.58. The van der Waals surface area contributed by atoms with E-state index in [0.717, 1.165) is 19.6 Å². The van der Waals surface area contributed by atoms with E-state index in [0.29, 0.717) is 33.0 Å². The van der Waals surface area contributed by atoms with Gasteiger partial charge in [0.2, 0.25) is 0 Å². The van der Waals surface area contributed by atoms with Gasteiger partial charge >= 0.3 is 0 Å². The van der Waals surface area contributed by atoms with Crippen LogP contribution in [0.5, 0.6) is 0 Å². The number of nitrogens with zero attached hydrogens (tertiary/aromatic N) is 1. The molecule has 0 bridgehead atoms. The first-order chi connectivity index (χ1) is 11.9. The molecular formula is C20H28N2O2. The molecule has 24 heavy (non-hydrogen) atoms. The van der Waals surface area contributed by atoms with Crippen molar-refractivity contribution >= 4 is 0 Å². The van der Waals surface area contributed by atoms with Gasteiger partial charge in [-0.15, -0.1) is 0 Å². The van der Waals surface area contributed by atoms with Crippen molar-refractivity contribution in [1.82, 2.24) is 4.90 Å². The Morgan fingerprint density at radius 2 is 1.12 bits per heavy atom. The molecule has 2 N–H and O–H groups in total. The van der Waals surface area contributed by atoms with Gasteiger partial charge in [0.15, 0.2) is 0 Å². The third-order valence-electron chi connectivity index (χ3n) is 3.77. The zero-order chi connectivity index (χ0) is 16.9. The molecule has 0 fully saturated rings. The van der Waals surface area contributed by atoms with Gasteiger partial charge in [-0.2, -0.15) is 0 Å². The van der Waals surface area contributed by atoms with Crippen LogP contribution >= 0.6 is 0 Å². The molecule has 0 aliphatic carbocycles. The van der Waals surface area contributed by atoms with Crippen LogP contribution < -0.4 is 5.73 Å². The molecule has 4 heteroatoms. The highest BCUT2D eigenvalue weighted by Crippen LogP contribution is 2.02. The lowest BCUT2D eigenvalue weighted by Crippen LogP contribution is -2.35. The molecule has 0 saturated heterocycles. The van der Waals surface area contributed by atoms with Crippen LogP contribution in [0.1, 0.15) is 11.1 Å². The van der Waals surface area contributed by atoms with Gasteiger partial charge in [-0.1, -0.05) is 60.7 Å². The minimum absolute atomic E-state index is 0.650. The van der Waals surface area contributed by atoms with Crippen molar-refractivity contribution in [3.8, 4) is 0 Å². The van der Waals surface area contributed by atoms with Gasteiger partial charge in [-0.25, -0.2) is 0 Å².